The second kappa shape index (κ2) is 2.80. The molecule has 84 valence electrons. The van der Waals surface area contributed by atoms with Crippen LogP contribution in [-0.4, -0.2) is 6.04 Å². The summed E-state index contributed by atoms with van der Waals surface area (Å²) >= 11 is 0. The van der Waals surface area contributed by atoms with E-state index in [0.29, 0.717) is 11.5 Å². The number of rotatable bonds is 0. The molecule has 0 heterocycles. The molecule has 5 aliphatic rings. The van der Waals surface area contributed by atoms with E-state index < -0.39 is 0 Å². The highest BCUT2D eigenvalue weighted by Crippen LogP contribution is 2.67. The van der Waals surface area contributed by atoms with Crippen molar-refractivity contribution in [3.63, 3.8) is 0 Å². The minimum absolute atomic E-state index is 0.587. The zero-order valence-corrected chi connectivity index (χ0v) is 9.62. The summed E-state index contributed by atoms with van der Waals surface area (Å²) < 4.78 is 0. The molecule has 0 aromatic heterocycles. The van der Waals surface area contributed by atoms with Crippen LogP contribution in [0, 0.1) is 29.1 Å². The average Bonchev–Trinajstić information content (AvgIpc) is 2.85. The lowest BCUT2D eigenvalue weighted by molar-refractivity contribution is -0.0550. The Kier molecular flexibility index (Phi) is 1.68. The molecule has 4 atom stereocenters. The molecule has 2 N–H and O–H groups in total. The van der Waals surface area contributed by atoms with Crippen molar-refractivity contribution in [2.45, 2.75) is 57.4 Å². The number of hydrogen-bond donors (Lipinski definition) is 1. The predicted octanol–water partition coefficient (Wildman–Crippen LogP) is 2.94. The van der Waals surface area contributed by atoms with Crippen LogP contribution in [0.2, 0.25) is 0 Å². The molecule has 5 aliphatic carbocycles. The number of hydrogen-bond acceptors (Lipinski definition) is 1. The van der Waals surface area contributed by atoms with Crippen molar-refractivity contribution in [1.29, 1.82) is 0 Å². The van der Waals surface area contributed by atoms with Crippen LogP contribution in [0.4, 0.5) is 0 Å². The van der Waals surface area contributed by atoms with E-state index in [1.54, 1.807) is 0 Å². The van der Waals surface area contributed by atoms with Crippen molar-refractivity contribution in [2.75, 3.05) is 0 Å². The van der Waals surface area contributed by atoms with E-state index in [4.69, 9.17) is 5.73 Å². The molecule has 1 heteroatoms. The van der Waals surface area contributed by atoms with Gasteiger partial charge in [0.15, 0.2) is 0 Å². The summed E-state index contributed by atoms with van der Waals surface area (Å²) in [6.45, 7) is 0. The van der Waals surface area contributed by atoms with Crippen LogP contribution in [0.15, 0.2) is 0 Å². The van der Waals surface area contributed by atoms with Gasteiger partial charge < -0.3 is 5.73 Å². The topological polar surface area (TPSA) is 26.0 Å². The molecule has 4 bridgehead atoms. The van der Waals surface area contributed by atoms with Crippen LogP contribution >= 0.6 is 0 Å². The lowest BCUT2D eigenvalue weighted by Crippen LogP contribution is -2.55. The summed E-state index contributed by atoms with van der Waals surface area (Å²) in [5.41, 5.74) is 7.26. The second-order valence-corrected chi connectivity index (χ2v) is 6.83. The van der Waals surface area contributed by atoms with Crippen molar-refractivity contribution in [1.82, 2.24) is 0 Å². The van der Waals surface area contributed by atoms with Crippen LogP contribution in [0.1, 0.15) is 51.4 Å². The maximum absolute atomic E-state index is 6.62. The first kappa shape index (κ1) is 9.04. The van der Waals surface area contributed by atoms with Crippen molar-refractivity contribution >= 4 is 0 Å². The van der Waals surface area contributed by atoms with Gasteiger partial charge in [0.05, 0.1) is 0 Å². The Morgan fingerprint density at radius 2 is 1.60 bits per heavy atom. The molecule has 1 nitrogen and oxygen atoms in total. The molecule has 0 amide bonds. The first-order valence-corrected chi connectivity index (χ1v) is 7.06. The SMILES string of the molecule is N[C@@H]1C2CC[C@@H](C2)C12CC1CCC2CC1. The molecular formula is C14H23N. The molecule has 5 saturated carbocycles. The Hall–Kier alpha value is -0.0400. The van der Waals surface area contributed by atoms with E-state index in [9.17, 15) is 0 Å². The normalized spacial score (nSPS) is 61.8. The Labute approximate surface area is 92.8 Å². The third kappa shape index (κ3) is 0.945. The van der Waals surface area contributed by atoms with Gasteiger partial charge in [0.25, 0.3) is 0 Å². The van der Waals surface area contributed by atoms with Gasteiger partial charge in [0, 0.05) is 6.04 Å². The third-order valence-corrected chi connectivity index (χ3v) is 6.61. The van der Waals surface area contributed by atoms with E-state index in [1.807, 2.05) is 0 Å². The first-order chi connectivity index (χ1) is 7.30. The van der Waals surface area contributed by atoms with Crippen LogP contribution in [-0.2, 0) is 0 Å². The molecular weight excluding hydrogens is 182 g/mol. The molecule has 15 heavy (non-hydrogen) atoms. The maximum Gasteiger partial charge on any atom is 0.0129 e. The lowest BCUT2D eigenvalue weighted by Gasteiger charge is -2.57. The summed E-state index contributed by atoms with van der Waals surface area (Å²) in [6.07, 6.45) is 12.0. The Balaban J connectivity index is 1.75. The molecule has 0 aromatic rings. The highest BCUT2D eigenvalue weighted by molar-refractivity contribution is 5.14. The highest BCUT2D eigenvalue weighted by atomic mass is 14.8. The Morgan fingerprint density at radius 3 is 2.13 bits per heavy atom. The number of nitrogens with two attached hydrogens (primary N) is 1. The lowest BCUT2D eigenvalue weighted by atomic mass is 9.49. The molecule has 1 spiro atoms. The van der Waals surface area contributed by atoms with Gasteiger partial charge >= 0.3 is 0 Å². The fourth-order valence-electron chi connectivity index (χ4n) is 6.02. The van der Waals surface area contributed by atoms with Gasteiger partial charge in [-0.05, 0) is 67.6 Å². The van der Waals surface area contributed by atoms with Crippen LogP contribution in [0.5, 0.6) is 0 Å². The second-order valence-electron chi connectivity index (χ2n) is 6.83. The van der Waals surface area contributed by atoms with Gasteiger partial charge in [-0.2, -0.15) is 0 Å². The monoisotopic (exact) mass is 205 g/mol. The fraction of sp³-hybridized carbons (Fsp3) is 1.00. The van der Waals surface area contributed by atoms with E-state index in [1.165, 1.54) is 51.4 Å². The van der Waals surface area contributed by atoms with Crippen LogP contribution in [0.25, 0.3) is 0 Å². The molecule has 5 fully saturated rings. The van der Waals surface area contributed by atoms with E-state index >= 15 is 0 Å². The first-order valence-electron chi connectivity index (χ1n) is 7.06. The molecule has 0 aromatic carbocycles. The zero-order valence-electron chi connectivity index (χ0n) is 9.62. The summed E-state index contributed by atoms with van der Waals surface area (Å²) in [4.78, 5) is 0. The summed E-state index contributed by atoms with van der Waals surface area (Å²) in [5.74, 6) is 4.02. The zero-order chi connectivity index (χ0) is 10.0. The van der Waals surface area contributed by atoms with Crippen molar-refractivity contribution < 1.29 is 0 Å². The van der Waals surface area contributed by atoms with Crippen molar-refractivity contribution in [3.05, 3.63) is 0 Å². The summed E-state index contributed by atoms with van der Waals surface area (Å²) in [7, 11) is 0. The summed E-state index contributed by atoms with van der Waals surface area (Å²) in [5, 5.41) is 0. The van der Waals surface area contributed by atoms with Crippen molar-refractivity contribution in [3.8, 4) is 0 Å². The van der Waals surface area contributed by atoms with E-state index in [0.717, 1.165) is 23.7 Å². The van der Waals surface area contributed by atoms with Gasteiger partial charge in [-0.15, -0.1) is 0 Å². The average molecular weight is 205 g/mol. The quantitative estimate of drug-likeness (QED) is 0.646. The number of fused-ring (bicyclic) bond motifs is 4. The van der Waals surface area contributed by atoms with Crippen molar-refractivity contribution in [2.24, 2.45) is 34.8 Å². The standard InChI is InChI=1S/C14H23N/c15-13-10-3-6-12(7-10)14(13)8-9-1-4-11(14)5-2-9/h9-13H,1-8,15H2/t9?,10?,11?,12-,13+,14?/m0/s1. The molecule has 0 radical (unpaired) electrons. The molecule has 5 rings (SSSR count). The van der Waals surface area contributed by atoms with Gasteiger partial charge in [-0.1, -0.05) is 12.8 Å². The van der Waals surface area contributed by atoms with Gasteiger partial charge in [0.2, 0.25) is 0 Å². The maximum atomic E-state index is 6.62. The molecule has 2 unspecified atom stereocenters. The van der Waals surface area contributed by atoms with E-state index in [2.05, 4.69) is 0 Å². The molecule has 0 saturated heterocycles. The minimum atomic E-state index is 0.587. The highest BCUT2D eigenvalue weighted by Gasteiger charge is 2.62. The summed E-state index contributed by atoms with van der Waals surface area (Å²) in [6, 6.07) is 0.587. The largest absolute Gasteiger partial charge is 0.327 e. The van der Waals surface area contributed by atoms with Crippen LogP contribution < -0.4 is 5.73 Å². The van der Waals surface area contributed by atoms with Gasteiger partial charge in [-0.3, -0.25) is 0 Å². The Bertz CT molecular complexity index is 275. The molecule has 0 aliphatic heterocycles. The van der Waals surface area contributed by atoms with Gasteiger partial charge in [0.1, 0.15) is 0 Å². The Morgan fingerprint density at radius 1 is 0.867 bits per heavy atom. The van der Waals surface area contributed by atoms with E-state index in [-0.39, 0.29) is 0 Å². The van der Waals surface area contributed by atoms with Crippen LogP contribution in [0.3, 0.4) is 0 Å². The third-order valence-electron chi connectivity index (χ3n) is 6.61. The fourth-order valence-corrected chi connectivity index (χ4v) is 6.02. The van der Waals surface area contributed by atoms with Gasteiger partial charge in [-0.25, -0.2) is 0 Å². The smallest absolute Gasteiger partial charge is 0.0129 e. The minimum Gasteiger partial charge on any atom is -0.327 e. The predicted molar refractivity (Wildman–Crippen MR) is 61.3 cm³/mol.